The van der Waals surface area contributed by atoms with Gasteiger partial charge in [0.2, 0.25) is 0 Å². The maximum absolute atomic E-state index is 13.9. The number of benzene rings is 1. The summed E-state index contributed by atoms with van der Waals surface area (Å²) in [6.07, 6.45) is 3.40. The molecule has 0 fully saturated rings. The molecule has 1 aromatic carbocycles. The highest BCUT2D eigenvalue weighted by Crippen LogP contribution is 2.19. The lowest BCUT2D eigenvalue weighted by Crippen LogP contribution is -2.21. The van der Waals surface area contributed by atoms with Crippen molar-refractivity contribution in [2.75, 3.05) is 0 Å². The molecule has 1 aromatic heterocycles. The quantitative estimate of drug-likeness (QED) is 0.882. The fourth-order valence-corrected chi connectivity index (χ4v) is 1.77. The molecular weight excluding hydrogens is 257 g/mol. The first-order valence-electron chi connectivity index (χ1n) is 6.66. The summed E-state index contributed by atoms with van der Waals surface area (Å²) in [7, 11) is 1.88. The SMILES string of the molecule is CC(C)NCc1ccc(OCc2cncn2C)c(F)c1. The van der Waals surface area contributed by atoms with Crippen LogP contribution in [0, 0.1) is 5.82 Å². The second-order valence-corrected chi connectivity index (χ2v) is 5.08. The summed E-state index contributed by atoms with van der Waals surface area (Å²) in [4.78, 5) is 3.99. The molecule has 2 rings (SSSR count). The lowest BCUT2D eigenvalue weighted by Gasteiger charge is -2.11. The second-order valence-electron chi connectivity index (χ2n) is 5.08. The summed E-state index contributed by atoms with van der Waals surface area (Å²) in [6, 6.07) is 5.42. The largest absolute Gasteiger partial charge is 0.484 e. The van der Waals surface area contributed by atoms with Crippen LogP contribution in [0.5, 0.6) is 5.75 Å². The predicted molar refractivity (Wildman–Crippen MR) is 75.9 cm³/mol. The van der Waals surface area contributed by atoms with Crippen molar-refractivity contribution in [3.8, 4) is 5.75 Å². The Kier molecular flexibility index (Phi) is 4.74. The maximum Gasteiger partial charge on any atom is 0.165 e. The van der Waals surface area contributed by atoms with E-state index >= 15 is 0 Å². The molecule has 5 heteroatoms. The van der Waals surface area contributed by atoms with Crippen LogP contribution in [0.1, 0.15) is 25.1 Å². The molecule has 0 aliphatic heterocycles. The highest BCUT2D eigenvalue weighted by atomic mass is 19.1. The van der Waals surface area contributed by atoms with Gasteiger partial charge >= 0.3 is 0 Å². The normalized spacial score (nSPS) is 11.1. The number of rotatable bonds is 6. The minimum Gasteiger partial charge on any atom is -0.484 e. The zero-order valence-electron chi connectivity index (χ0n) is 12.1. The molecule has 2 aromatic rings. The molecule has 0 saturated carbocycles. The van der Waals surface area contributed by atoms with E-state index in [0.29, 0.717) is 19.2 Å². The van der Waals surface area contributed by atoms with E-state index in [0.717, 1.165) is 11.3 Å². The van der Waals surface area contributed by atoms with Crippen molar-refractivity contribution in [2.45, 2.75) is 33.0 Å². The number of aryl methyl sites for hydroxylation is 1. The summed E-state index contributed by atoms with van der Waals surface area (Å²) >= 11 is 0. The Labute approximate surface area is 118 Å². The van der Waals surface area contributed by atoms with Crippen molar-refractivity contribution >= 4 is 0 Å². The van der Waals surface area contributed by atoms with Crippen molar-refractivity contribution in [1.29, 1.82) is 0 Å². The fraction of sp³-hybridized carbons (Fsp3) is 0.400. The number of nitrogens with one attached hydrogen (secondary N) is 1. The molecule has 0 spiro atoms. The van der Waals surface area contributed by atoms with Gasteiger partial charge in [-0.1, -0.05) is 19.9 Å². The minimum atomic E-state index is -0.338. The summed E-state index contributed by atoms with van der Waals surface area (Å²) in [5.41, 5.74) is 1.80. The van der Waals surface area contributed by atoms with E-state index in [1.807, 2.05) is 17.7 Å². The molecule has 0 aliphatic carbocycles. The molecule has 0 aliphatic rings. The second kappa shape index (κ2) is 6.52. The first kappa shape index (κ1) is 14.5. The summed E-state index contributed by atoms with van der Waals surface area (Å²) in [6.45, 7) is 5.07. The molecule has 0 saturated heterocycles. The summed E-state index contributed by atoms with van der Waals surface area (Å²) in [5, 5.41) is 3.25. The number of nitrogens with zero attached hydrogens (tertiary/aromatic N) is 2. The first-order valence-corrected chi connectivity index (χ1v) is 6.66. The van der Waals surface area contributed by atoms with Gasteiger partial charge in [0.15, 0.2) is 11.6 Å². The highest BCUT2D eigenvalue weighted by molar-refractivity contribution is 5.29. The van der Waals surface area contributed by atoms with Gasteiger partial charge in [0.1, 0.15) is 6.61 Å². The first-order chi connectivity index (χ1) is 9.56. The third-order valence-electron chi connectivity index (χ3n) is 3.00. The van der Waals surface area contributed by atoms with E-state index in [-0.39, 0.29) is 11.6 Å². The van der Waals surface area contributed by atoms with Crippen LogP contribution in [0.25, 0.3) is 0 Å². The maximum atomic E-state index is 13.9. The van der Waals surface area contributed by atoms with E-state index in [1.165, 1.54) is 6.07 Å². The number of imidazole rings is 1. The molecule has 0 radical (unpaired) electrons. The third-order valence-corrected chi connectivity index (χ3v) is 3.00. The Bertz CT molecular complexity index is 566. The zero-order chi connectivity index (χ0) is 14.5. The Balaban J connectivity index is 1.97. The van der Waals surface area contributed by atoms with Crippen molar-refractivity contribution in [2.24, 2.45) is 7.05 Å². The number of ether oxygens (including phenoxy) is 1. The van der Waals surface area contributed by atoms with Crippen LogP contribution in [-0.2, 0) is 20.2 Å². The molecule has 1 heterocycles. The average Bonchev–Trinajstić information content (AvgIpc) is 2.81. The zero-order valence-corrected chi connectivity index (χ0v) is 12.1. The molecule has 0 unspecified atom stereocenters. The van der Waals surface area contributed by atoms with Crippen molar-refractivity contribution < 1.29 is 9.13 Å². The minimum absolute atomic E-state index is 0.263. The van der Waals surface area contributed by atoms with Crippen LogP contribution in [0.3, 0.4) is 0 Å². The van der Waals surface area contributed by atoms with Crippen molar-refractivity contribution in [3.05, 3.63) is 47.8 Å². The van der Waals surface area contributed by atoms with Crippen LogP contribution < -0.4 is 10.1 Å². The van der Waals surface area contributed by atoms with Gasteiger partial charge < -0.3 is 14.6 Å². The van der Waals surface area contributed by atoms with Gasteiger partial charge in [0.25, 0.3) is 0 Å². The van der Waals surface area contributed by atoms with Crippen LogP contribution in [0.15, 0.2) is 30.7 Å². The third kappa shape index (κ3) is 3.81. The van der Waals surface area contributed by atoms with Crippen molar-refractivity contribution in [1.82, 2.24) is 14.9 Å². The molecule has 4 nitrogen and oxygen atoms in total. The highest BCUT2D eigenvalue weighted by Gasteiger charge is 2.07. The summed E-state index contributed by atoms with van der Waals surface area (Å²) < 4.78 is 21.3. The van der Waals surface area contributed by atoms with Gasteiger partial charge in [0.05, 0.1) is 18.2 Å². The molecule has 0 atom stereocenters. The van der Waals surface area contributed by atoms with Crippen LogP contribution in [-0.4, -0.2) is 15.6 Å². The molecule has 0 bridgehead atoms. The van der Waals surface area contributed by atoms with Crippen molar-refractivity contribution in [3.63, 3.8) is 0 Å². The van der Waals surface area contributed by atoms with Gasteiger partial charge in [-0.05, 0) is 17.7 Å². The Hall–Kier alpha value is -1.88. The number of aromatic nitrogens is 2. The van der Waals surface area contributed by atoms with E-state index in [4.69, 9.17) is 4.74 Å². The van der Waals surface area contributed by atoms with Gasteiger partial charge in [0, 0.05) is 19.6 Å². The smallest absolute Gasteiger partial charge is 0.165 e. The van der Waals surface area contributed by atoms with Crippen LogP contribution in [0.4, 0.5) is 4.39 Å². The van der Waals surface area contributed by atoms with E-state index < -0.39 is 0 Å². The lowest BCUT2D eigenvalue weighted by atomic mass is 10.2. The Morgan fingerprint density at radius 3 is 2.80 bits per heavy atom. The molecular formula is C15H20FN3O. The van der Waals surface area contributed by atoms with E-state index in [2.05, 4.69) is 24.1 Å². The van der Waals surface area contributed by atoms with Gasteiger partial charge in [-0.15, -0.1) is 0 Å². The number of hydrogen-bond donors (Lipinski definition) is 1. The fourth-order valence-electron chi connectivity index (χ4n) is 1.77. The predicted octanol–water partition coefficient (Wildman–Crippen LogP) is 2.64. The average molecular weight is 277 g/mol. The topological polar surface area (TPSA) is 39.1 Å². The van der Waals surface area contributed by atoms with Crippen LogP contribution in [0.2, 0.25) is 0 Å². The van der Waals surface area contributed by atoms with E-state index in [9.17, 15) is 4.39 Å². The molecule has 108 valence electrons. The Morgan fingerprint density at radius 2 is 2.20 bits per heavy atom. The van der Waals surface area contributed by atoms with Crippen LogP contribution >= 0.6 is 0 Å². The number of halogens is 1. The van der Waals surface area contributed by atoms with Gasteiger partial charge in [-0.3, -0.25) is 0 Å². The van der Waals surface area contributed by atoms with Gasteiger partial charge in [-0.25, -0.2) is 9.37 Å². The summed E-state index contributed by atoms with van der Waals surface area (Å²) in [5.74, 6) is -0.0743. The number of hydrogen-bond acceptors (Lipinski definition) is 3. The van der Waals surface area contributed by atoms with E-state index in [1.54, 1.807) is 18.6 Å². The van der Waals surface area contributed by atoms with Gasteiger partial charge in [-0.2, -0.15) is 0 Å². The Morgan fingerprint density at radius 1 is 1.40 bits per heavy atom. The standard InChI is InChI=1S/C15H20FN3O/c1-11(2)18-7-12-4-5-15(14(16)6-12)20-9-13-8-17-10-19(13)3/h4-6,8,10-11,18H,7,9H2,1-3H3. The monoisotopic (exact) mass is 277 g/mol. The molecule has 0 amide bonds. The molecule has 20 heavy (non-hydrogen) atoms. The lowest BCUT2D eigenvalue weighted by molar-refractivity contribution is 0.282. The molecule has 1 N–H and O–H groups in total.